The van der Waals surface area contributed by atoms with Gasteiger partial charge in [0.15, 0.2) is 0 Å². The summed E-state index contributed by atoms with van der Waals surface area (Å²) in [6.45, 7) is 3.68. The monoisotopic (exact) mass is 224 g/mol. The summed E-state index contributed by atoms with van der Waals surface area (Å²) in [6, 6.07) is 6.86. The summed E-state index contributed by atoms with van der Waals surface area (Å²) in [7, 11) is 0. The SMILES string of the molecule is CCC(c1ccc(O)cc1)C(O)CC(C)O. The summed E-state index contributed by atoms with van der Waals surface area (Å²) < 4.78 is 0. The molecule has 0 aliphatic rings. The third-order valence-electron chi connectivity index (χ3n) is 2.81. The zero-order valence-electron chi connectivity index (χ0n) is 9.80. The van der Waals surface area contributed by atoms with Gasteiger partial charge >= 0.3 is 0 Å². The lowest BCUT2D eigenvalue weighted by atomic mass is 9.88. The van der Waals surface area contributed by atoms with E-state index in [1.165, 1.54) is 0 Å². The molecule has 3 unspecified atom stereocenters. The van der Waals surface area contributed by atoms with E-state index in [1.807, 2.05) is 19.1 Å². The molecule has 90 valence electrons. The standard InChI is InChI=1S/C13H20O3/c1-3-12(13(16)8-9(2)14)10-4-6-11(15)7-5-10/h4-7,9,12-16H,3,8H2,1-2H3. The van der Waals surface area contributed by atoms with Crippen LogP contribution in [0.4, 0.5) is 0 Å². The van der Waals surface area contributed by atoms with Gasteiger partial charge in [-0.2, -0.15) is 0 Å². The van der Waals surface area contributed by atoms with Crippen LogP contribution < -0.4 is 0 Å². The molecule has 0 saturated carbocycles. The summed E-state index contributed by atoms with van der Waals surface area (Å²) >= 11 is 0. The molecule has 0 amide bonds. The molecule has 1 rings (SSSR count). The predicted octanol–water partition coefficient (Wildman–Crippen LogP) is 2.02. The van der Waals surface area contributed by atoms with Crippen LogP contribution in [0, 0.1) is 0 Å². The van der Waals surface area contributed by atoms with Gasteiger partial charge in [-0.25, -0.2) is 0 Å². The third kappa shape index (κ3) is 3.51. The first-order valence-corrected chi connectivity index (χ1v) is 5.69. The minimum Gasteiger partial charge on any atom is -0.508 e. The van der Waals surface area contributed by atoms with Crippen molar-refractivity contribution in [3.05, 3.63) is 29.8 Å². The Kier molecular flexibility index (Phi) is 4.77. The number of aliphatic hydroxyl groups excluding tert-OH is 2. The number of phenols is 1. The average Bonchev–Trinajstić information content (AvgIpc) is 2.21. The topological polar surface area (TPSA) is 60.7 Å². The van der Waals surface area contributed by atoms with E-state index in [1.54, 1.807) is 19.1 Å². The molecular formula is C13H20O3. The minimum atomic E-state index is -0.547. The average molecular weight is 224 g/mol. The minimum absolute atomic E-state index is 0.00944. The molecule has 0 radical (unpaired) electrons. The van der Waals surface area contributed by atoms with Gasteiger partial charge in [0.2, 0.25) is 0 Å². The van der Waals surface area contributed by atoms with Gasteiger partial charge < -0.3 is 15.3 Å². The fourth-order valence-corrected chi connectivity index (χ4v) is 1.97. The van der Waals surface area contributed by atoms with Crippen LogP contribution in [-0.2, 0) is 0 Å². The van der Waals surface area contributed by atoms with E-state index >= 15 is 0 Å². The molecule has 0 bridgehead atoms. The fraction of sp³-hybridized carbons (Fsp3) is 0.538. The molecule has 1 aromatic carbocycles. The summed E-state index contributed by atoms with van der Waals surface area (Å²) in [5.74, 6) is 0.235. The molecule has 0 fully saturated rings. The maximum atomic E-state index is 9.98. The Morgan fingerprint density at radius 3 is 2.12 bits per heavy atom. The largest absolute Gasteiger partial charge is 0.508 e. The van der Waals surface area contributed by atoms with Crippen LogP contribution in [0.15, 0.2) is 24.3 Å². The van der Waals surface area contributed by atoms with E-state index < -0.39 is 12.2 Å². The highest BCUT2D eigenvalue weighted by molar-refractivity contribution is 5.28. The second-order valence-electron chi connectivity index (χ2n) is 4.26. The van der Waals surface area contributed by atoms with Crippen LogP contribution in [-0.4, -0.2) is 27.5 Å². The molecule has 3 nitrogen and oxygen atoms in total. The van der Waals surface area contributed by atoms with E-state index in [-0.39, 0.29) is 11.7 Å². The Balaban J connectivity index is 2.77. The van der Waals surface area contributed by atoms with Crippen molar-refractivity contribution in [2.75, 3.05) is 0 Å². The Morgan fingerprint density at radius 2 is 1.69 bits per heavy atom. The molecule has 0 aliphatic heterocycles. The Hall–Kier alpha value is -1.06. The van der Waals surface area contributed by atoms with Gasteiger partial charge in [-0.15, -0.1) is 0 Å². The molecule has 0 aliphatic carbocycles. The number of rotatable bonds is 5. The highest BCUT2D eigenvalue weighted by Crippen LogP contribution is 2.27. The van der Waals surface area contributed by atoms with Crippen molar-refractivity contribution in [1.82, 2.24) is 0 Å². The van der Waals surface area contributed by atoms with Gasteiger partial charge in [-0.3, -0.25) is 0 Å². The van der Waals surface area contributed by atoms with Crippen LogP contribution in [0.3, 0.4) is 0 Å². The first-order valence-electron chi connectivity index (χ1n) is 5.69. The van der Waals surface area contributed by atoms with Gasteiger partial charge in [0.1, 0.15) is 5.75 Å². The van der Waals surface area contributed by atoms with Crippen LogP contribution >= 0.6 is 0 Å². The van der Waals surface area contributed by atoms with Crippen molar-refractivity contribution in [3.8, 4) is 5.75 Å². The summed E-state index contributed by atoms with van der Waals surface area (Å²) in [6.07, 6.45) is 0.133. The van der Waals surface area contributed by atoms with E-state index in [4.69, 9.17) is 0 Å². The predicted molar refractivity (Wildman–Crippen MR) is 63.4 cm³/mol. The number of aliphatic hydroxyl groups is 2. The lowest BCUT2D eigenvalue weighted by Crippen LogP contribution is -2.22. The van der Waals surface area contributed by atoms with Gasteiger partial charge in [0, 0.05) is 5.92 Å². The Morgan fingerprint density at radius 1 is 1.12 bits per heavy atom. The number of hydrogen-bond donors (Lipinski definition) is 3. The lowest BCUT2D eigenvalue weighted by Gasteiger charge is -2.23. The fourth-order valence-electron chi connectivity index (χ4n) is 1.97. The number of aromatic hydroxyl groups is 1. The van der Waals surface area contributed by atoms with Gasteiger partial charge in [0.05, 0.1) is 12.2 Å². The van der Waals surface area contributed by atoms with Crippen molar-refractivity contribution >= 4 is 0 Å². The first-order chi connectivity index (χ1) is 7.54. The number of benzene rings is 1. The zero-order valence-corrected chi connectivity index (χ0v) is 9.80. The molecule has 16 heavy (non-hydrogen) atoms. The second kappa shape index (κ2) is 5.87. The molecule has 3 N–H and O–H groups in total. The molecule has 0 heterocycles. The van der Waals surface area contributed by atoms with Crippen LogP contribution in [0.2, 0.25) is 0 Å². The Bertz CT molecular complexity index is 305. The molecular weight excluding hydrogens is 204 g/mol. The first kappa shape index (κ1) is 13.0. The number of phenolic OH excluding ortho intramolecular Hbond substituents is 1. The molecule has 0 saturated heterocycles. The van der Waals surface area contributed by atoms with Gasteiger partial charge in [-0.1, -0.05) is 19.1 Å². The third-order valence-corrected chi connectivity index (χ3v) is 2.81. The maximum absolute atomic E-state index is 9.98. The van der Waals surface area contributed by atoms with E-state index in [2.05, 4.69) is 0 Å². The normalized spacial score (nSPS) is 16.8. The summed E-state index contributed by atoms with van der Waals surface area (Å²) in [5, 5.41) is 28.4. The van der Waals surface area contributed by atoms with E-state index in [0.717, 1.165) is 12.0 Å². The van der Waals surface area contributed by atoms with Crippen molar-refractivity contribution in [3.63, 3.8) is 0 Å². The molecule has 3 atom stereocenters. The van der Waals surface area contributed by atoms with Crippen molar-refractivity contribution in [2.24, 2.45) is 0 Å². The van der Waals surface area contributed by atoms with Gasteiger partial charge in [-0.05, 0) is 37.5 Å². The second-order valence-corrected chi connectivity index (χ2v) is 4.26. The van der Waals surface area contributed by atoms with E-state index in [0.29, 0.717) is 6.42 Å². The highest BCUT2D eigenvalue weighted by atomic mass is 16.3. The van der Waals surface area contributed by atoms with Crippen LogP contribution in [0.1, 0.15) is 38.2 Å². The number of hydrogen-bond acceptors (Lipinski definition) is 3. The lowest BCUT2D eigenvalue weighted by molar-refractivity contribution is 0.0713. The van der Waals surface area contributed by atoms with Crippen molar-refractivity contribution in [2.45, 2.75) is 44.8 Å². The Labute approximate surface area is 96.4 Å². The molecule has 1 aromatic rings. The van der Waals surface area contributed by atoms with Crippen molar-refractivity contribution in [1.29, 1.82) is 0 Å². The smallest absolute Gasteiger partial charge is 0.115 e. The van der Waals surface area contributed by atoms with Crippen LogP contribution in [0.25, 0.3) is 0 Å². The molecule has 0 aromatic heterocycles. The summed E-state index contributed by atoms with van der Waals surface area (Å²) in [5.41, 5.74) is 0.994. The maximum Gasteiger partial charge on any atom is 0.115 e. The zero-order chi connectivity index (χ0) is 12.1. The van der Waals surface area contributed by atoms with Crippen LogP contribution in [0.5, 0.6) is 5.75 Å². The van der Waals surface area contributed by atoms with Crippen molar-refractivity contribution < 1.29 is 15.3 Å². The van der Waals surface area contributed by atoms with E-state index in [9.17, 15) is 15.3 Å². The highest BCUT2D eigenvalue weighted by Gasteiger charge is 2.20. The quantitative estimate of drug-likeness (QED) is 0.717. The summed E-state index contributed by atoms with van der Waals surface area (Å²) in [4.78, 5) is 0. The van der Waals surface area contributed by atoms with Gasteiger partial charge in [0.25, 0.3) is 0 Å². The molecule has 3 heteroatoms. The molecule has 0 spiro atoms.